The van der Waals surface area contributed by atoms with E-state index >= 15 is 0 Å². The van der Waals surface area contributed by atoms with Crippen LogP contribution in [-0.2, 0) is 6.42 Å². The van der Waals surface area contributed by atoms with Crippen molar-refractivity contribution < 1.29 is 0 Å². The van der Waals surface area contributed by atoms with Gasteiger partial charge in [-0.15, -0.1) is 11.8 Å². The number of hydrogen-bond donors (Lipinski definition) is 1. The lowest BCUT2D eigenvalue weighted by Gasteiger charge is -2.29. The van der Waals surface area contributed by atoms with E-state index in [1.807, 2.05) is 11.8 Å². The monoisotopic (exact) mass is 323 g/mol. The molecule has 0 spiro atoms. The largest absolute Gasteiger partial charge is 0.313 e. The lowest BCUT2D eigenvalue weighted by atomic mass is 10.1. The van der Waals surface area contributed by atoms with Gasteiger partial charge in [0.2, 0.25) is 0 Å². The van der Waals surface area contributed by atoms with Gasteiger partial charge in [0.25, 0.3) is 0 Å². The van der Waals surface area contributed by atoms with E-state index in [9.17, 15) is 0 Å². The first kappa shape index (κ1) is 15.6. The van der Waals surface area contributed by atoms with E-state index in [4.69, 9.17) is 9.97 Å². The first-order valence-corrected chi connectivity index (χ1v) is 10.2. The summed E-state index contributed by atoms with van der Waals surface area (Å²) in [7, 11) is 2.05. The van der Waals surface area contributed by atoms with Crippen molar-refractivity contribution in [3.05, 3.63) is 23.3 Å². The van der Waals surface area contributed by atoms with Crippen molar-refractivity contribution >= 4 is 23.5 Å². The highest BCUT2D eigenvalue weighted by Gasteiger charge is 2.30. The van der Waals surface area contributed by atoms with Crippen molar-refractivity contribution in [1.29, 1.82) is 0 Å². The number of hydrogen-bond acceptors (Lipinski definition) is 5. The summed E-state index contributed by atoms with van der Waals surface area (Å²) < 4.78 is 0. The summed E-state index contributed by atoms with van der Waals surface area (Å²) in [5.74, 6) is 3.58. The number of aromatic nitrogens is 2. The Morgan fingerprint density at radius 1 is 1.29 bits per heavy atom. The van der Waals surface area contributed by atoms with Crippen LogP contribution in [0.2, 0.25) is 0 Å². The molecule has 1 saturated heterocycles. The summed E-state index contributed by atoms with van der Waals surface area (Å²) in [5.41, 5.74) is 2.63. The lowest BCUT2D eigenvalue weighted by molar-refractivity contribution is 0.531. The molecule has 2 heterocycles. The molecule has 116 valence electrons. The van der Waals surface area contributed by atoms with Gasteiger partial charge in [0, 0.05) is 40.3 Å². The summed E-state index contributed by atoms with van der Waals surface area (Å²) in [6.07, 6.45) is 8.18. The Kier molecular flexibility index (Phi) is 5.46. The molecule has 1 aliphatic heterocycles. The van der Waals surface area contributed by atoms with Crippen molar-refractivity contribution in [2.45, 2.75) is 55.6 Å². The summed E-state index contributed by atoms with van der Waals surface area (Å²) >= 11 is 4.15. The van der Waals surface area contributed by atoms with Crippen LogP contribution in [0.5, 0.6) is 0 Å². The highest BCUT2D eigenvalue weighted by atomic mass is 32.2. The van der Waals surface area contributed by atoms with Gasteiger partial charge >= 0.3 is 0 Å². The van der Waals surface area contributed by atoms with Crippen LogP contribution in [0.3, 0.4) is 0 Å². The van der Waals surface area contributed by atoms with E-state index in [1.165, 1.54) is 48.4 Å². The minimum Gasteiger partial charge on any atom is -0.313 e. The predicted molar refractivity (Wildman–Crippen MR) is 93.1 cm³/mol. The molecule has 1 aromatic rings. The van der Waals surface area contributed by atoms with E-state index < -0.39 is 0 Å². The molecule has 0 saturated carbocycles. The standard InChI is InChI=1S/C16H25N3S2/c1-3-14-15(21-9-8-20-14)16-18-10-11-12(17-2)6-4-5-7-13(11)19-16/h10,12,14-15,17H,3-9H2,1-2H3. The summed E-state index contributed by atoms with van der Waals surface area (Å²) in [4.78, 5) is 9.78. The predicted octanol–water partition coefficient (Wildman–Crippen LogP) is 3.76. The Balaban J connectivity index is 1.89. The molecule has 1 aromatic heterocycles. The molecule has 3 nitrogen and oxygen atoms in total. The van der Waals surface area contributed by atoms with Crippen LogP contribution in [0.15, 0.2) is 6.20 Å². The van der Waals surface area contributed by atoms with Crippen LogP contribution in [0.1, 0.15) is 61.0 Å². The molecule has 3 rings (SSSR count). The van der Waals surface area contributed by atoms with E-state index in [2.05, 4.69) is 37.2 Å². The summed E-state index contributed by atoms with van der Waals surface area (Å²) in [6, 6.07) is 0.437. The zero-order chi connectivity index (χ0) is 14.7. The Hall–Kier alpha value is -0.260. The maximum atomic E-state index is 5.01. The number of aryl methyl sites for hydroxylation is 1. The molecule has 2 aliphatic rings. The number of fused-ring (bicyclic) bond motifs is 1. The maximum absolute atomic E-state index is 5.01. The van der Waals surface area contributed by atoms with Crippen LogP contribution < -0.4 is 5.32 Å². The van der Waals surface area contributed by atoms with Crippen molar-refractivity contribution in [2.24, 2.45) is 0 Å². The van der Waals surface area contributed by atoms with Gasteiger partial charge in [0.1, 0.15) is 5.82 Å². The molecule has 1 N–H and O–H groups in total. The Labute approximate surface area is 136 Å². The third-order valence-electron chi connectivity index (χ3n) is 4.51. The average Bonchev–Trinajstić information content (AvgIpc) is 2.76. The van der Waals surface area contributed by atoms with E-state index in [0.29, 0.717) is 16.5 Å². The smallest absolute Gasteiger partial charge is 0.142 e. The molecule has 1 fully saturated rings. The zero-order valence-electron chi connectivity index (χ0n) is 13.0. The van der Waals surface area contributed by atoms with Gasteiger partial charge in [-0.05, 0) is 32.7 Å². The first-order chi connectivity index (χ1) is 10.3. The second-order valence-corrected chi connectivity index (χ2v) is 8.42. The second kappa shape index (κ2) is 7.34. The fourth-order valence-corrected chi connectivity index (χ4v) is 6.31. The van der Waals surface area contributed by atoms with E-state index in [1.54, 1.807) is 0 Å². The lowest BCUT2D eigenvalue weighted by Crippen LogP contribution is -2.22. The molecular formula is C16H25N3S2. The normalized spacial score (nSPS) is 29.7. The summed E-state index contributed by atoms with van der Waals surface area (Å²) in [6.45, 7) is 2.29. The topological polar surface area (TPSA) is 37.8 Å². The van der Waals surface area contributed by atoms with Gasteiger partial charge < -0.3 is 5.32 Å². The van der Waals surface area contributed by atoms with E-state index in [-0.39, 0.29) is 0 Å². The Morgan fingerprint density at radius 3 is 2.95 bits per heavy atom. The Bertz CT molecular complexity index is 481. The average molecular weight is 324 g/mol. The quantitative estimate of drug-likeness (QED) is 0.857. The van der Waals surface area contributed by atoms with Gasteiger partial charge in [0.05, 0.1) is 5.25 Å². The molecular weight excluding hydrogens is 298 g/mol. The van der Waals surface area contributed by atoms with Gasteiger partial charge in [-0.3, -0.25) is 0 Å². The molecule has 3 unspecified atom stereocenters. The molecule has 21 heavy (non-hydrogen) atoms. The highest BCUT2D eigenvalue weighted by molar-refractivity contribution is 8.06. The minimum atomic E-state index is 0.437. The number of rotatable bonds is 3. The van der Waals surface area contributed by atoms with E-state index in [0.717, 1.165) is 12.2 Å². The fraction of sp³-hybridized carbons (Fsp3) is 0.750. The Morgan fingerprint density at radius 2 is 2.14 bits per heavy atom. The zero-order valence-corrected chi connectivity index (χ0v) is 14.6. The van der Waals surface area contributed by atoms with Crippen LogP contribution in [-0.4, -0.2) is 33.8 Å². The van der Waals surface area contributed by atoms with Crippen LogP contribution in [0.4, 0.5) is 0 Å². The molecule has 0 aromatic carbocycles. The van der Waals surface area contributed by atoms with Gasteiger partial charge in [-0.25, -0.2) is 9.97 Å². The second-order valence-electron chi connectivity index (χ2n) is 5.83. The fourth-order valence-electron chi connectivity index (χ4n) is 3.31. The van der Waals surface area contributed by atoms with Gasteiger partial charge in [-0.1, -0.05) is 13.3 Å². The van der Waals surface area contributed by atoms with Gasteiger partial charge in [-0.2, -0.15) is 11.8 Å². The van der Waals surface area contributed by atoms with Gasteiger partial charge in [0.15, 0.2) is 0 Å². The van der Waals surface area contributed by atoms with Crippen LogP contribution in [0.25, 0.3) is 0 Å². The molecule has 0 bridgehead atoms. The highest BCUT2D eigenvalue weighted by Crippen LogP contribution is 2.43. The minimum absolute atomic E-state index is 0.437. The maximum Gasteiger partial charge on any atom is 0.142 e. The summed E-state index contributed by atoms with van der Waals surface area (Å²) in [5, 5.41) is 4.59. The third-order valence-corrected chi connectivity index (χ3v) is 7.75. The van der Waals surface area contributed by atoms with Crippen LogP contribution >= 0.6 is 23.5 Å². The molecule has 0 amide bonds. The van der Waals surface area contributed by atoms with Crippen molar-refractivity contribution in [1.82, 2.24) is 15.3 Å². The number of nitrogens with zero attached hydrogens (tertiary/aromatic N) is 2. The number of thioether (sulfide) groups is 2. The molecule has 1 aliphatic carbocycles. The van der Waals surface area contributed by atoms with Crippen molar-refractivity contribution in [3.8, 4) is 0 Å². The van der Waals surface area contributed by atoms with Crippen molar-refractivity contribution in [2.75, 3.05) is 18.6 Å². The molecule has 0 radical (unpaired) electrons. The van der Waals surface area contributed by atoms with Crippen LogP contribution in [0, 0.1) is 0 Å². The molecule has 3 atom stereocenters. The molecule has 5 heteroatoms. The third kappa shape index (κ3) is 3.40. The first-order valence-electron chi connectivity index (χ1n) is 8.09. The van der Waals surface area contributed by atoms with Crippen molar-refractivity contribution in [3.63, 3.8) is 0 Å². The SMILES string of the molecule is CCC1SCCSC1c1ncc2c(n1)CCCCC2NC. The number of nitrogens with one attached hydrogen (secondary N) is 1.